The standard InChI is InChI=1S/C12H17FN2O3/c1-12(2,15(3)4)7-18-10-9(11(16)17)5-8(13)6-14-10/h5-6H,7H2,1-4H3,(H,16,17). The van der Waals surface area contributed by atoms with Gasteiger partial charge >= 0.3 is 5.97 Å². The summed E-state index contributed by atoms with van der Waals surface area (Å²) in [6, 6.07) is 0.896. The second-order valence-electron chi connectivity index (χ2n) is 4.81. The van der Waals surface area contributed by atoms with Gasteiger partial charge in [0.15, 0.2) is 0 Å². The Morgan fingerprint density at radius 2 is 2.17 bits per heavy atom. The second kappa shape index (κ2) is 5.30. The normalized spacial score (nSPS) is 11.7. The Kier molecular flexibility index (Phi) is 4.24. The number of carbonyl (C=O) groups is 1. The highest BCUT2D eigenvalue weighted by atomic mass is 19.1. The van der Waals surface area contributed by atoms with E-state index in [4.69, 9.17) is 9.84 Å². The van der Waals surface area contributed by atoms with Crippen LogP contribution in [0.4, 0.5) is 4.39 Å². The summed E-state index contributed by atoms with van der Waals surface area (Å²) in [5.41, 5.74) is -0.559. The number of hydrogen-bond acceptors (Lipinski definition) is 4. The molecule has 0 amide bonds. The van der Waals surface area contributed by atoms with E-state index in [1.54, 1.807) is 0 Å². The lowest BCUT2D eigenvalue weighted by atomic mass is 10.1. The molecule has 5 nitrogen and oxygen atoms in total. The first-order valence-corrected chi connectivity index (χ1v) is 5.43. The molecule has 1 rings (SSSR count). The number of ether oxygens (including phenoxy) is 1. The molecule has 6 heteroatoms. The van der Waals surface area contributed by atoms with Crippen molar-refractivity contribution in [3.8, 4) is 5.88 Å². The van der Waals surface area contributed by atoms with Gasteiger partial charge in [0, 0.05) is 5.54 Å². The fraction of sp³-hybridized carbons (Fsp3) is 0.500. The molecule has 0 unspecified atom stereocenters. The number of carboxylic acids is 1. The molecular weight excluding hydrogens is 239 g/mol. The Balaban J connectivity index is 2.89. The molecule has 0 saturated heterocycles. The van der Waals surface area contributed by atoms with Crippen LogP contribution in [0.2, 0.25) is 0 Å². The summed E-state index contributed by atoms with van der Waals surface area (Å²) in [7, 11) is 3.78. The average molecular weight is 256 g/mol. The van der Waals surface area contributed by atoms with E-state index >= 15 is 0 Å². The van der Waals surface area contributed by atoms with Crippen LogP contribution in [0.3, 0.4) is 0 Å². The fourth-order valence-corrected chi connectivity index (χ4v) is 1.07. The molecule has 0 fully saturated rings. The lowest BCUT2D eigenvalue weighted by Crippen LogP contribution is -2.43. The highest BCUT2D eigenvalue weighted by molar-refractivity contribution is 5.90. The molecule has 1 N–H and O–H groups in total. The monoisotopic (exact) mass is 256 g/mol. The summed E-state index contributed by atoms with van der Waals surface area (Å²) in [5.74, 6) is -2.04. The van der Waals surface area contributed by atoms with E-state index in [9.17, 15) is 9.18 Å². The van der Waals surface area contributed by atoms with Gasteiger partial charge in [-0.1, -0.05) is 0 Å². The summed E-state index contributed by atoms with van der Waals surface area (Å²) in [5, 5.41) is 8.93. The molecule has 0 aliphatic rings. The molecule has 0 atom stereocenters. The van der Waals surface area contributed by atoms with Crippen molar-refractivity contribution in [3.63, 3.8) is 0 Å². The van der Waals surface area contributed by atoms with Gasteiger partial charge in [-0.2, -0.15) is 0 Å². The molecule has 100 valence electrons. The Morgan fingerprint density at radius 1 is 1.56 bits per heavy atom. The molecule has 1 aromatic heterocycles. The van der Waals surface area contributed by atoms with Crippen LogP contribution in [0, 0.1) is 5.82 Å². The van der Waals surface area contributed by atoms with Gasteiger partial charge in [0.25, 0.3) is 0 Å². The Morgan fingerprint density at radius 3 is 2.67 bits per heavy atom. The first-order valence-electron chi connectivity index (χ1n) is 5.43. The largest absolute Gasteiger partial charge is 0.477 e. The smallest absolute Gasteiger partial charge is 0.341 e. The Bertz CT molecular complexity index is 447. The Hall–Kier alpha value is -1.69. The van der Waals surface area contributed by atoms with Crippen LogP contribution in [-0.4, -0.2) is 47.2 Å². The first-order chi connectivity index (χ1) is 8.24. The second-order valence-corrected chi connectivity index (χ2v) is 4.81. The van der Waals surface area contributed by atoms with Crippen molar-refractivity contribution in [1.82, 2.24) is 9.88 Å². The van der Waals surface area contributed by atoms with Crippen molar-refractivity contribution in [2.24, 2.45) is 0 Å². The van der Waals surface area contributed by atoms with Crippen LogP contribution in [0.1, 0.15) is 24.2 Å². The van der Waals surface area contributed by atoms with Crippen LogP contribution >= 0.6 is 0 Å². The summed E-state index contributed by atoms with van der Waals surface area (Å²) < 4.78 is 18.3. The topological polar surface area (TPSA) is 62.7 Å². The minimum absolute atomic E-state index is 0.0705. The number of pyridine rings is 1. The van der Waals surface area contributed by atoms with E-state index in [-0.39, 0.29) is 23.6 Å². The molecular formula is C12H17FN2O3. The van der Waals surface area contributed by atoms with E-state index in [1.165, 1.54) is 0 Å². The fourth-order valence-electron chi connectivity index (χ4n) is 1.07. The van der Waals surface area contributed by atoms with E-state index in [1.807, 2.05) is 32.8 Å². The molecule has 0 aliphatic heterocycles. The number of rotatable bonds is 5. The molecule has 18 heavy (non-hydrogen) atoms. The maximum atomic E-state index is 12.9. The molecule has 0 radical (unpaired) electrons. The number of halogens is 1. The summed E-state index contributed by atoms with van der Waals surface area (Å²) in [4.78, 5) is 16.5. The highest BCUT2D eigenvalue weighted by Gasteiger charge is 2.23. The van der Waals surface area contributed by atoms with Crippen molar-refractivity contribution < 1.29 is 19.0 Å². The van der Waals surface area contributed by atoms with Gasteiger partial charge in [0.1, 0.15) is 18.0 Å². The Labute approximate surface area is 105 Å². The minimum atomic E-state index is -1.26. The third kappa shape index (κ3) is 3.40. The SMILES string of the molecule is CN(C)C(C)(C)COc1ncc(F)cc1C(=O)O. The van der Waals surface area contributed by atoms with Crippen LogP contribution in [0.15, 0.2) is 12.3 Å². The van der Waals surface area contributed by atoms with Gasteiger partial charge < -0.3 is 14.7 Å². The molecule has 0 bridgehead atoms. The molecule has 0 aromatic carbocycles. The number of likely N-dealkylation sites (N-methyl/N-ethyl adjacent to an activating group) is 1. The van der Waals surface area contributed by atoms with Gasteiger partial charge in [0.05, 0.1) is 6.20 Å². The lowest BCUT2D eigenvalue weighted by Gasteiger charge is -2.32. The molecule has 0 spiro atoms. The quantitative estimate of drug-likeness (QED) is 0.867. The van der Waals surface area contributed by atoms with Crippen molar-refractivity contribution in [2.75, 3.05) is 20.7 Å². The maximum Gasteiger partial charge on any atom is 0.341 e. The zero-order valence-electron chi connectivity index (χ0n) is 10.9. The van der Waals surface area contributed by atoms with Crippen molar-refractivity contribution in [1.29, 1.82) is 0 Å². The average Bonchev–Trinajstić information content (AvgIpc) is 2.27. The van der Waals surface area contributed by atoms with Gasteiger partial charge in [-0.05, 0) is 34.0 Å². The number of hydrogen-bond donors (Lipinski definition) is 1. The third-order valence-corrected chi connectivity index (χ3v) is 2.82. The minimum Gasteiger partial charge on any atom is -0.477 e. The zero-order valence-corrected chi connectivity index (χ0v) is 10.9. The van der Waals surface area contributed by atoms with Gasteiger partial charge in [-0.25, -0.2) is 14.2 Å². The first kappa shape index (κ1) is 14.4. The molecule has 1 heterocycles. The van der Waals surface area contributed by atoms with Crippen LogP contribution in [0.25, 0.3) is 0 Å². The molecule has 1 aromatic rings. The summed E-state index contributed by atoms with van der Waals surface area (Å²) in [6.45, 7) is 4.13. The number of carboxylic acid groups (broad SMARTS) is 1. The molecule has 0 saturated carbocycles. The van der Waals surface area contributed by atoms with Crippen LogP contribution < -0.4 is 4.74 Å². The maximum absolute atomic E-state index is 12.9. The number of aromatic nitrogens is 1. The number of nitrogens with zero attached hydrogens (tertiary/aromatic N) is 2. The van der Waals surface area contributed by atoms with E-state index in [0.717, 1.165) is 12.3 Å². The van der Waals surface area contributed by atoms with Crippen LogP contribution in [0.5, 0.6) is 5.88 Å². The lowest BCUT2D eigenvalue weighted by molar-refractivity contribution is 0.0680. The van der Waals surface area contributed by atoms with Crippen LogP contribution in [-0.2, 0) is 0 Å². The predicted molar refractivity (Wildman–Crippen MR) is 64.4 cm³/mol. The molecule has 0 aliphatic carbocycles. The predicted octanol–water partition coefficient (Wildman–Crippen LogP) is 1.64. The third-order valence-electron chi connectivity index (χ3n) is 2.82. The summed E-state index contributed by atoms with van der Waals surface area (Å²) in [6.07, 6.45) is 0.935. The van der Waals surface area contributed by atoms with Crippen molar-refractivity contribution >= 4 is 5.97 Å². The van der Waals surface area contributed by atoms with E-state index in [0.29, 0.717) is 0 Å². The van der Waals surface area contributed by atoms with E-state index in [2.05, 4.69) is 4.98 Å². The number of aromatic carboxylic acids is 1. The van der Waals surface area contributed by atoms with Gasteiger partial charge in [-0.15, -0.1) is 0 Å². The van der Waals surface area contributed by atoms with Gasteiger partial charge in [-0.3, -0.25) is 0 Å². The zero-order chi connectivity index (χ0) is 13.9. The van der Waals surface area contributed by atoms with E-state index < -0.39 is 11.8 Å². The van der Waals surface area contributed by atoms with Crippen molar-refractivity contribution in [2.45, 2.75) is 19.4 Å². The summed E-state index contributed by atoms with van der Waals surface area (Å²) >= 11 is 0. The van der Waals surface area contributed by atoms with Gasteiger partial charge in [0.2, 0.25) is 5.88 Å². The highest BCUT2D eigenvalue weighted by Crippen LogP contribution is 2.19. The van der Waals surface area contributed by atoms with Crippen molar-refractivity contribution in [3.05, 3.63) is 23.6 Å².